The lowest BCUT2D eigenvalue weighted by molar-refractivity contribution is -0.143. The van der Waals surface area contributed by atoms with Crippen LogP contribution in [0.5, 0.6) is 0 Å². The Bertz CT molecular complexity index is 544. The summed E-state index contributed by atoms with van der Waals surface area (Å²) in [6.07, 6.45) is -0.934. The maximum absolute atomic E-state index is 13.3. The fourth-order valence-corrected chi connectivity index (χ4v) is 1.97. The molecule has 1 aromatic carbocycles. The van der Waals surface area contributed by atoms with Crippen LogP contribution in [0.15, 0.2) is 18.2 Å². The minimum atomic E-state index is -0.934. The highest BCUT2D eigenvalue weighted by Crippen LogP contribution is 2.14. The average molecular weight is 296 g/mol. The highest BCUT2D eigenvalue weighted by Gasteiger charge is 2.25. The summed E-state index contributed by atoms with van der Waals surface area (Å²) in [7, 11) is 0. The molecule has 0 spiro atoms. The molecule has 2 rings (SSSR count). The van der Waals surface area contributed by atoms with Gasteiger partial charge in [0, 0.05) is 13.1 Å². The SMILES string of the molecule is CC(OC(=O)c1ccc(N)c(F)c1)C(=O)N1CCOCC1. The molecule has 0 bridgehead atoms. The van der Waals surface area contributed by atoms with Crippen molar-refractivity contribution in [2.45, 2.75) is 13.0 Å². The van der Waals surface area contributed by atoms with E-state index in [9.17, 15) is 14.0 Å². The van der Waals surface area contributed by atoms with E-state index in [1.807, 2.05) is 0 Å². The van der Waals surface area contributed by atoms with Gasteiger partial charge in [0.05, 0.1) is 24.5 Å². The Hall–Kier alpha value is -2.15. The van der Waals surface area contributed by atoms with Crippen LogP contribution in [-0.2, 0) is 14.3 Å². The van der Waals surface area contributed by atoms with E-state index >= 15 is 0 Å². The number of rotatable bonds is 3. The lowest BCUT2D eigenvalue weighted by Crippen LogP contribution is -2.46. The molecule has 0 radical (unpaired) electrons. The standard InChI is InChI=1S/C14H17FN2O4/c1-9(13(18)17-4-6-20-7-5-17)21-14(19)10-2-3-12(16)11(15)8-10/h2-3,8-9H,4-7,16H2,1H3. The Morgan fingerprint density at radius 1 is 1.38 bits per heavy atom. The second-order valence-electron chi connectivity index (χ2n) is 4.72. The van der Waals surface area contributed by atoms with E-state index in [1.54, 1.807) is 4.90 Å². The first kappa shape index (κ1) is 15.2. The maximum atomic E-state index is 13.3. The summed E-state index contributed by atoms with van der Waals surface area (Å²) in [6, 6.07) is 3.62. The minimum Gasteiger partial charge on any atom is -0.449 e. The molecule has 114 valence electrons. The van der Waals surface area contributed by atoms with Gasteiger partial charge in [-0.25, -0.2) is 9.18 Å². The third kappa shape index (κ3) is 3.69. The molecule has 1 saturated heterocycles. The first-order chi connectivity index (χ1) is 9.99. The first-order valence-corrected chi connectivity index (χ1v) is 6.61. The predicted octanol–water partition coefficient (Wildman–Crippen LogP) is 0.812. The molecule has 6 nitrogen and oxygen atoms in total. The van der Waals surface area contributed by atoms with Gasteiger partial charge in [-0.15, -0.1) is 0 Å². The van der Waals surface area contributed by atoms with Crippen LogP contribution in [0.25, 0.3) is 0 Å². The summed E-state index contributed by atoms with van der Waals surface area (Å²) in [6.45, 7) is 3.36. The van der Waals surface area contributed by atoms with Crippen molar-refractivity contribution in [2.24, 2.45) is 0 Å². The third-order valence-electron chi connectivity index (χ3n) is 3.19. The van der Waals surface area contributed by atoms with Crippen LogP contribution in [0.3, 0.4) is 0 Å². The van der Waals surface area contributed by atoms with E-state index in [1.165, 1.54) is 19.1 Å². The van der Waals surface area contributed by atoms with E-state index in [0.717, 1.165) is 6.07 Å². The van der Waals surface area contributed by atoms with Gasteiger partial charge >= 0.3 is 5.97 Å². The number of nitrogen functional groups attached to an aromatic ring is 1. The molecule has 1 fully saturated rings. The number of esters is 1. The number of carbonyl (C=O) groups is 2. The van der Waals surface area contributed by atoms with Crippen molar-refractivity contribution in [2.75, 3.05) is 32.0 Å². The van der Waals surface area contributed by atoms with Crippen LogP contribution in [0.2, 0.25) is 0 Å². The summed E-state index contributed by atoms with van der Waals surface area (Å²) in [5.41, 5.74) is 5.30. The highest BCUT2D eigenvalue weighted by molar-refractivity contribution is 5.92. The molecular formula is C14H17FN2O4. The normalized spacial score (nSPS) is 16.4. The largest absolute Gasteiger partial charge is 0.449 e. The predicted molar refractivity (Wildman–Crippen MR) is 73.1 cm³/mol. The fourth-order valence-electron chi connectivity index (χ4n) is 1.97. The Kier molecular flexibility index (Phi) is 4.74. The fraction of sp³-hybridized carbons (Fsp3) is 0.429. The number of hydrogen-bond donors (Lipinski definition) is 1. The molecule has 0 aliphatic carbocycles. The number of nitrogens with zero attached hydrogens (tertiary/aromatic N) is 1. The number of amides is 1. The van der Waals surface area contributed by atoms with Gasteiger partial charge in [-0.1, -0.05) is 0 Å². The topological polar surface area (TPSA) is 81.9 Å². The van der Waals surface area contributed by atoms with Crippen molar-refractivity contribution in [3.05, 3.63) is 29.6 Å². The molecule has 1 heterocycles. The molecule has 0 aromatic heterocycles. The van der Waals surface area contributed by atoms with Crippen molar-refractivity contribution in [3.8, 4) is 0 Å². The molecular weight excluding hydrogens is 279 g/mol. The van der Waals surface area contributed by atoms with Crippen molar-refractivity contribution in [1.29, 1.82) is 0 Å². The summed E-state index contributed by atoms with van der Waals surface area (Å²) in [5, 5.41) is 0. The van der Waals surface area contributed by atoms with E-state index in [4.69, 9.17) is 15.2 Å². The van der Waals surface area contributed by atoms with Gasteiger partial charge in [-0.3, -0.25) is 4.79 Å². The zero-order valence-electron chi connectivity index (χ0n) is 11.7. The van der Waals surface area contributed by atoms with Crippen molar-refractivity contribution >= 4 is 17.6 Å². The molecule has 21 heavy (non-hydrogen) atoms. The molecule has 2 N–H and O–H groups in total. The molecule has 1 aliphatic heterocycles. The molecule has 1 unspecified atom stereocenters. The number of morpholine rings is 1. The van der Waals surface area contributed by atoms with Crippen LogP contribution in [-0.4, -0.2) is 49.2 Å². The van der Waals surface area contributed by atoms with Crippen molar-refractivity contribution in [1.82, 2.24) is 4.90 Å². The second kappa shape index (κ2) is 6.53. The van der Waals surface area contributed by atoms with Crippen molar-refractivity contribution < 1.29 is 23.5 Å². The quantitative estimate of drug-likeness (QED) is 0.659. The van der Waals surface area contributed by atoms with E-state index in [0.29, 0.717) is 26.3 Å². The molecule has 0 saturated carbocycles. The zero-order chi connectivity index (χ0) is 15.4. The molecule has 1 amide bonds. The third-order valence-corrected chi connectivity index (χ3v) is 3.19. The minimum absolute atomic E-state index is 0.0170. The molecule has 7 heteroatoms. The van der Waals surface area contributed by atoms with Gasteiger partial charge in [0.25, 0.3) is 5.91 Å². The summed E-state index contributed by atoms with van der Waals surface area (Å²) >= 11 is 0. The number of hydrogen-bond acceptors (Lipinski definition) is 5. The summed E-state index contributed by atoms with van der Waals surface area (Å²) in [5.74, 6) is -1.75. The number of benzene rings is 1. The Morgan fingerprint density at radius 2 is 2.05 bits per heavy atom. The van der Waals surface area contributed by atoms with Gasteiger partial charge in [-0.05, 0) is 25.1 Å². The van der Waals surface area contributed by atoms with Crippen LogP contribution in [0, 0.1) is 5.82 Å². The van der Waals surface area contributed by atoms with Crippen molar-refractivity contribution in [3.63, 3.8) is 0 Å². The number of anilines is 1. The van der Waals surface area contributed by atoms with E-state index in [2.05, 4.69) is 0 Å². The molecule has 1 aliphatic rings. The number of nitrogens with two attached hydrogens (primary N) is 1. The Morgan fingerprint density at radius 3 is 2.67 bits per heavy atom. The number of halogens is 1. The van der Waals surface area contributed by atoms with Gasteiger partial charge < -0.3 is 20.1 Å². The molecule has 1 aromatic rings. The van der Waals surface area contributed by atoms with E-state index in [-0.39, 0.29) is 17.2 Å². The van der Waals surface area contributed by atoms with Crippen LogP contribution < -0.4 is 5.73 Å². The zero-order valence-corrected chi connectivity index (χ0v) is 11.7. The van der Waals surface area contributed by atoms with E-state index < -0.39 is 17.9 Å². The lowest BCUT2D eigenvalue weighted by atomic mass is 10.2. The average Bonchev–Trinajstić information content (AvgIpc) is 2.50. The number of ether oxygens (including phenoxy) is 2. The highest BCUT2D eigenvalue weighted by atomic mass is 19.1. The second-order valence-corrected chi connectivity index (χ2v) is 4.72. The van der Waals surface area contributed by atoms with Gasteiger partial charge in [0.15, 0.2) is 6.10 Å². The monoisotopic (exact) mass is 296 g/mol. The maximum Gasteiger partial charge on any atom is 0.339 e. The molecule has 1 atom stereocenters. The smallest absolute Gasteiger partial charge is 0.339 e. The van der Waals surface area contributed by atoms with Gasteiger partial charge in [0.1, 0.15) is 5.82 Å². The van der Waals surface area contributed by atoms with Crippen LogP contribution in [0.4, 0.5) is 10.1 Å². The van der Waals surface area contributed by atoms with Gasteiger partial charge in [0.2, 0.25) is 0 Å². The lowest BCUT2D eigenvalue weighted by Gasteiger charge is -2.28. The van der Waals surface area contributed by atoms with Crippen LogP contribution >= 0.6 is 0 Å². The first-order valence-electron chi connectivity index (χ1n) is 6.61. The van der Waals surface area contributed by atoms with Gasteiger partial charge in [-0.2, -0.15) is 0 Å². The van der Waals surface area contributed by atoms with Crippen LogP contribution in [0.1, 0.15) is 17.3 Å². The summed E-state index contributed by atoms with van der Waals surface area (Å²) in [4.78, 5) is 25.5. The summed E-state index contributed by atoms with van der Waals surface area (Å²) < 4.78 is 23.5. The number of carbonyl (C=O) groups excluding carboxylic acids is 2. The Labute approximate surface area is 121 Å². The Balaban J connectivity index is 1.97.